The van der Waals surface area contributed by atoms with Gasteiger partial charge in [-0.1, -0.05) is 0 Å². The van der Waals surface area contributed by atoms with Gasteiger partial charge in [0.05, 0.1) is 0 Å². The van der Waals surface area contributed by atoms with Gasteiger partial charge in [-0.05, 0) is 0 Å². The van der Waals surface area contributed by atoms with E-state index in [1.165, 1.54) is 0 Å². The Balaban J connectivity index is 2.54. The van der Waals surface area contributed by atoms with Gasteiger partial charge >= 0.3 is 107 Å². The van der Waals surface area contributed by atoms with Crippen LogP contribution in [-0.4, -0.2) is 56.4 Å². The molecule has 1 rings (SSSR count). The Kier molecular flexibility index (Phi) is 5.35. The minimum absolute atomic E-state index is 0.278. The molecule has 0 aliphatic heterocycles. The van der Waals surface area contributed by atoms with E-state index in [1.807, 2.05) is 20.2 Å². The second-order valence-electron chi connectivity index (χ2n) is 3.75. The summed E-state index contributed by atoms with van der Waals surface area (Å²) in [5.74, 6) is -1.45. The zero-order chi connectivity index (χ0) is 12.1. The van der Waals surface area contributed by atoms with E-state index in [-0.39, 0.29) is 15.0 Å². The van der Waals surface area contributed by atoms with Gasteiger partial charge in [-0.2, -0.15) is 0 Å². The molecule has 16 heavy (non-hydrogen) atoms. The van der Waals surface area contributed by atoms with E-state index in [1.54, 1.807) is 12.2 Å². The fourth-order valence-electron chi connectivity index (χ4n) is 1.23. The van der Waals surface area contributed by atoms with Gasteiger partial charge in [-0.25, -0.2) is 0 Å². The number of nitrogens with zero attached hydrogens (tertiary/aromatic N) is 1. The predicted molar refractivity (Wildman–Crippen MR) is 70.1 cm³/mol. The molecular weight excluding hydrogens is 289 g/mol. The van der Waals surface area contributed by atoms with Crippen molar-refractivity contribution in [2.45, 2.75) is 5.32 Å². The van der Waals surface area contributed by atoms with Crippen LogP contribution in [0.1, 0.15) is 0 Å². The van der Waals surface area contributed by atoms with E-state index < -0.39 is 11.9 Å². The van der Waals surface area contributed by atoms with Crippen molar-refractivity contribution in [1.82, 2.24) is 4.90 Å². The summed E-state index contributed by atoms with van der Waals surface area (Å²) in [5, 5.41) is 10.0. The SMILES string of the molecule is CN(C)CC[Se]C1=CC=CC(C(=O)O)C1=S. The Labute approximate surface area is 107 Å². The molecule has 0 saturated carbocycles. The quantitative estimate of drug-likeness (QED) is 0.612. The van der Waals surface area contributed by atoms with Crippen molar-refractivity contribution in [2.75, 3.05) is 20.6 Å². The molecule has 1 aliphatic rings. The molecule has 88 valence electrons. The zero-order valence-corrected chi connectivity index (χ0v) is 11.9. The molecule has 1 aliphatic carbocycles. The van der Waals surface area contributed by atoms with E-state index in [0.29, 0.717) is 4.86 Å². The average Bonchev–Trinajstić information content (AvgIpc) is 2.19. The van der Waals surface area contributed by atoms with Gasteiger partial charge in [0.25, 0.3) is 0 Å². The van der Waals surface area contributed by atoms with Crippen LogP contribution in [0.25, 0.3) is 0 Å². The van der Waals surface area contributed by atoms with E-state index in [0.717, 1.165) is 16.3 Å². The van der Waals surface area contributed by atoms with Crippen molar-refractivity contribution in [3.8, 4) is 0 Å². The number of allylic oxidation sites excluding steroid dienone is 3. The maximum atomic E-state index is 10.9. The fourth-order valence-corrected chi connectivity index (χ4v) is 4.13. The maximum absolute atomic E-state index is 10.9. The first kappa shape index (κ1) is 13.6. The zero-order valence-electron chi connectivity index (χ0n) is 9.34. The van der Waals surface area contributed by atoms with E-state index in [9.17, 15) is 4.79 Å². The van der Waals surface area contributed by atoms with Gasteiger partial charge in [-0.15, -0.1) is 0 Å². The third-order valence-electron chi connectivity index (χ3n) is 2.14. The summed E-state index contributed by atoms with van der Waals surface area (Å²) in [6.07, 6.45) is 5.41. The molecule has 0 heterocycles. The summed E-state index contributed by atoms with van der Waals surface area (Å²) in [4.78, 5) is 13.6. The molecule has 0 bridgehead atoms. The number of hydrogen-bond acceptors (Lipinski definition) is 3. The molecule has 3 nitrogen and oxygen atoms in total. The fraction of sp³-hybridized carbons (Fsp3) is 0.455. The standard InChI is InChI=1S/C11H15NO2SSe/c1-12(2)6-7-16-9-5-3-4-8(10(9)15)11(13)14/h3-5,8H,6-7H2,1-2H3,(H,13,14). The summed E-state index contributed by atoms with van der Waals surface area (Å²) >= 11 is 5.48. The second kappa shape index (κ2) is 6.30. The Bertz CT molecular complexity index is 350. The Morgan fingerprint density at radius 3 is 2.88 bits per heavy atom. The Hall–Kier alpha value is -0.481. The molecule has 1 atom stereocenters. The van der Waals surface area contributed by atoms with Crippen LogP contribution < -0.4 is 0 Å². The van der Waals surface area contributed by atoms with E-state index in [4.69, 9.17) is 17.3 Å². The molecule has 0 spiro atoms. The van der Waals surface area contributed by atoms with Crippen molar-refractivity contribution in [2.24, 2.45) is 5.92 Å². The van der Waals surface area contributed by atoms with Crippen molar-refractivity contribution in [1.29, 1.82) is 0 Å². The summed E-state index contributed by atoms with van der Waals surface area (Å²) < 4.78 is 1.05. The van der Waals surface area contributed by atoms with Crippen LogP contribution in [0.5, 0.6) is 0 Å². The molecule has 0 radical (unpaired) electrons. The summed E-state index contributed by atoms with van der Waals surface area (Å²) in [6.45, 7) is 1.02. The molecular formula is C11H15NO2SSe. The normalized spacial score (nSPS) is 20.1. The third kappa shape index (κ3) is 3.83. The number of carbonyl (C=O) groups is 1. The average molecular weight is 304 g/mol. The molecule has 0 aromatic rings. The first-order valence-corrected chi connectivity index (χ1v) is 7.43. The van der Waals surface area contributed by atoms with Crippen molar-refractivity contribution in [3.05, 3.63) is 22.7 Å². The van der Waals surface area contributed by atoms with Crippen LogP contribution in [0.2, 0.25) is 5.32 Å². The predicted octanol–water partition coefficient (Wildman–Crippen LogP) is 1.19. The molecule has 1 unspecified atom stereocenters. The Morgan fingerprint density at radius 2 is 2.31 bits per heavy atom. The number of rotatable bonds is 5. The van der Waals surface area contributed by atoms with Gasteiger partial charge in [-0.3, -0.25) is 0 Å². The van der Waals surface area contributed by atoms with Crippen molar-refractivity contribution < 1.29 is 9.90 Å². The number of carboxylic acid groups (broad SMARTS) is 1. The first-order valence-electron chi connectivity index (χ1n) is 4.95. The van der Waals surface area contributed by atoms with Crippen LogP contribution in [0.3, 0.4) is 0 Å². The minimum atomic E-state index is -0.852. The molecule has 0 amide bonds. The number of aliphatic carboxylic acids is 1. The topological polar surface area (TPSA) is 40.5 Å². The number of carboxylic acids is 1. The van der Waals surface area contributed by atoms with Crippen LogP contribution in [0, 0.1) is 5.92 Å². The van der Waals surface area contributed by atoms with E-state index >= 15 is 0 Å². The molecule has 0 aromatic carbocycles. The second-order valence-corrected chi connectivity index (χ2v) is 6.57. The van der Waals surface area contributed by atoms with Gasteiger partial charge < -0.3 is 0 Å². The van der Waals surface area contributed by atoms with Crippen molar-refractivity contribution in [3.63, 3.8) is 0 Å². The molecule has 0 fully saturated rings. The monoisotopic (exact) mass is 305 g/mol. The molecule has 5 heteroatoms. The summed E-state index contributed by atoms with van der Waals surface area (Å²) in [7, 11) is 4.06. The van der Waals surface area contributed by atoms with Gasteiger partial charge in [0.2, 0.25) is 0 Å². The van der Waals surface area contributed by atoms with Crippen LogP contribution >= 0.6 is 12.2 Å². The van der Waals surface area contributed by atoms with Gasteiger partial charge in [0.1, 0.15) is 0 Å². The van der Waals surface area contributed by atoms with Gasteiger partial charge in [0.15, 0.2) is 0 Å². The van der Waals surface area contributed by atoms with Crippen molar-refractivity contribution >= 4 is 38.0 Å². The number of hydrogen-bond donors (Lipinski definition) is 1. The first-order chi connectivity index (χ1) is 7.52. The van der Waals surface area contributed by atoms with E-state index in [2.05, 4.69) is 4.90 Å². The van der Waals surface area contributed by atoms with Crippen LogP contribution in [0.15, 0.2) is 22.7 Å². The summed E-state index contributed by atoms with van der Waals surface area (Å²) in [6, 6.07) is 0. The number of thiocarbonyl (C=S) groups is 1. The van der Waals surface area contributed by atoms with Gasteiger partial charge in [0, 0.05) is 0 Å². The summed E-state index contributed by atoms with van der Waals surface area (Å²) in [5.41, 5.74) is 0. The van der Waals surface area contributed by atoms with Crippen LogP contribution in [-0.2, 0) is 4.79 Å². The van der Waals surface area contributed by atoms with Crippen LogP contribution in [0.4, 0.5) is 0 Å². The molecule has 1 N–H and O–H groups in total. The molecule has 0 aromatic heterocycles. The molecule has 0 saturated heterocycles. The third-order valence-corrected chi connectivity index (χ3v) is 5.11. The Morgan fingerprint density at radius 1 is 1.62 bits per heavy atom.